The molecule has 1 saturated carbocycles. The lowest BCUT2D eigenvalue weighted by Gasteiger charge is -2.41. The number of halogens is 1. The van der Waals surface area contributed by atoms with E-state index >= 15 is 0 Å². The summed E-state index contributed by atoms with van der Waals surface area (Å²) in [7, 11) is 0. The maximum Gasteiger partial charge on any atom is 0.254 e. The first-order chi connectivity index (χ1) is 16.1. The molecule has 5 rings (SSSR count). The Labute approximate surface area is 193 Å². The van der Waals surface area contributed by atoms with E-state index in [1.807, 2.05) is 24.3 Å². The van der Waals surface area contributed by atoms with E-state index in [1.165, 1.54) is 48.4 Å². The zero-order chi connectivity index (χ0) is 22.8. The standard InChI is InChI=1S/C26H30FN3O3/c27-20-6-4-19(5-7-20)26(32)29-16-17-30(25(31)18-29)22-8-10-23(11-9-22)33-24-12-14-28(15-13-24)21-2-1-3-21/h4-11,21,24H,1-3,12-18H2. The summed E-state index contributed by atoms with van der Waals surface area (Å²) in [5.74, 6) is 0.0567. The number of anilines is 1. The fourth-order valence-corrected chi connectivity index (χ4v) is 4.90. The van der Waals surface area contributed by atoms with Gasteiger partial charge in [0.2, 0.25) is 5.91 Å². The molecule has 0 bridgehead atoms. The monoisotopic (exact) mass is 451 g/mol. The van der Waals surface area contributed by atoms with Crippen LogP contribution in [0.25, 0.3) is 0 Å². The third-order valence-electron chi connectivity index (χ3n) is 7.12. The molecule has 2 saturated heterocycles. The molecule has 3 aliphatic rings. The number of hydrogen-bond acceptors (Lipinski definition) is 4. The molecule has 2 aromatic carbocycles. The highest BCUT2D eigenvalue weighted by Gasteiger charge is 2.30. The van der Waals surface area contributed by atoms with Crippen molar-refractivity contribution in [2.24, 2.45) is 0 Å². The van der Waals surface area contributed by atoms with Crippen LogP contribution in [0.5, 0.6) is 5.75 Å². The van der Waals surface area contributed by atoms with Crippen LogP contribution in [-0.2, 0) is 4.79 Å². The van der Waals surface area contributed by atoms with Gasteiger partial charge in [0.25, 0.3) is 5.91 Å². The molecule has 3 fully saturated rings. The number of rotatable bonds is 5. The normalized spacial score (nSPS) is 20.6. The Hall–Kier alpha value is -2.93. The quantitative estimate of drug-likeness (QED) is 0.696. The van der Waals surface area contributed by atoms with E-state index in [0.717, 1.165) is 43.4 Å². The zero-order valence-electron chi connectivity index (χ0n) is 18.8. The lowest BCUT2D eigenvalue weighted by molar-refractivity contribution is -0.120. The molecule has 0 spiro atoms. The topological polar surface area (TPSA) is 53.1 Å². The molecule has 2 amide bonds. The fraction of sp³-hybridized carbons (Fsp3) is 0.462. The number of amides is 2. The van der Waals surface area contributed by atoms with Crippen molar-refractivity contribution in [1.82, 2.24) is 9.80 Å². The molecule has 0 radical (unpaired) electrons. The number of piperazine rings is 1. The molecule has 0 unspecified atom stereocenters. The van der Waals surface area contributed by atoms with Crippen LogP contribution >= 0.6 is 0 Å². The molecule has 2 aromatic rings. The van der Waals surface area contributed by atoms with Crippen molar-refractivity contribution in [3.05, 3.63) is 59.9 Å². The van der Waals surface area contributed by atoms with Crippen LogP contribution in [0.2, 0.25) is 0 Å². The summed E-state index contributed by atoms with van der Waals surface area (Å²) >= 11 is 0. The van der Waals surface area contributed by atoms with E-state index in [9.17, 15) is 14.0 Å². The first-order valence-electron chi connectivity index (χ1n) is 11.9. The van der Waals surface area contributed by atoms with Gasteiger partial charge in [0, 0.05) is 43.5 Å². The molecule has 0 aromatic heterocycles. The van der Waals surface area contributed by atoms with Crippen LogP contribution in [0.15, 0.2) is 48.5 Å². The average Bonchev–Trinajstić information content (AvgIpc) is 2.80. The second-order valence-electron chi connectivity index (χ2n) is 9.21. The second kappa shape index (κ2) is 9.51. The summed E-state index contributed by atoms with van der Waals surface area (Å²) in [5, 5.41) is 0. The third kappa shape index (κ3) is 4.88. The molecular weight excluding hydrogens is 421 g/mol. The molecule has 2 heterocycles. The Balaban J connectivity index is 1.13. The van der Waals surface area contributed by atoms with Gasteiger partial charge in [0.1, 0.15) is 24.2 Å². The maximum atomic E-state index is 13.1. The van der Waals surface area contributed by atoms with Crippen LogP contribution in [0.4, 0.5) is 10.1 Å². The van der Waals surface area contributed by atoms with Crippen molar-refractivity contribution in [3.8, 4) is 5.75 Å². The summed E-state index contributed by atoms with van der Waals surface area (Å²) in [6.07, 6.45) is 6.42. The molecule has 6 nitrogen and oxygen atoms in total. The lowest BCUT2D eigenvalue weighted by atomic mass is 9.90. The van der Waals surface area contributed by atoms with Gasteiger partial charge < -0.3 is 19.4 Å². The van der Waals surface area contributed by atoms with Crippen molar-refractivity contribution in [3.63, 3.8) is 0 Å². The highest BCUT2D eigenvalue weighted by molar-refractivity contribution is 6.01. The van der Waals surface area contributed by atoms with E-state index < -0.39 is 0 Å². The number of carbonyl (C=O) groups excluding carboxylic acids is 2. The molecule has 7 heteroatoms. The molecule has 33 heavy (non-hydrogen) atoms. The predicted octanol–water partition coefficient (Wildman–Crippen LogP) is 3.71. The summed E-state index contributed by atoms with van der Waals surface area (Å²) in [6, 6.07) is 13.9. The van der Waals surface area contributed by atoms with Gasteiger partial charge in [-0.3, -0.25) is 9.59 Å². The lowest BCUT2D eigenvalue weighted by Crippen LogP contribution is -2.52. The molecular formula is C26H30FN3O3. The Morgan fingerprint density at radius 2 is 1.58 bits per heavy atom. The number of likely N-dealkylation sites (tertiary alicyclic amines) is 1. The van der Waals surface area contributed by atoms with Crippen LogP contribution in [0, 0.1) is 5.82 Å². The Morgan fingerprint density at radius 3 is 2.18 bits per heavy atom. The summed E-state index contributed by atoms with van der Waals surface area (Å²) in [4.78, 5) is 31.2. The summed E-state index contributed by atoms with van der Waals surface area (Å²) in [6.45, 7) is 3.09. The largest absolute Gasteiger partial charge is 0.490 e. The minimum Gasteiger partial charge on any atom is -0.490 e. The second-order valence-corrected chi connectivity index (χ2v) is 9.21. The summed E-state index contributed by atoms with van der Waals surface area (Å²) in [5.41, 5.74) is 1.19. The first-order valence-corrected chi connectivity index (χ1v) is 11.9. The number of benzene rings is 2. The summed E-state index contributed by atoms with van der Waals surface area (Å²) < 4.78 is 19.3. The Morgan fingerprint density at radius 1 is 0.879 bits per heavy atom. The van der Waals surface area contributed by atoms with Crippen LogP contribution in [0.1, 0.15) is 42.5 Å². The van der Waals surface area contributed by atoms with E-state index in [0.29, 0.717) is 18.7 Å². The van der Waals surface area contributed by atoms with Crippen LogP contribution in [-0.4, -0.2) is 66.5 Å². The van der Waals surface area contributed by atoms with Gasteiger partial charge in [0.15, 0.2) is 0 Å². The van der Waals surface area contributed by atoms with Crippen LogP contribution < -0.4 is 9.64 Å². The first kappa shape index (κ1) is 21.9. The van der Waals surface area contributed by atoms with Gasteiger partial charge in [-0.15, -0.1) is 0 Å². The molecule has 174 valence electrons. The highest BCUT2D eigenvalue weighted by atomic mass is 19.1. The van der Waals surface area contributed by atoms with Gasteiger partial charge in [-0.05, 0) is 74.2 Å². The van der Waals surface area contributed by atoms with Crippen molar-refractivity contribution in [2.45, 2.75) is 44.2 Å². The molecule has 2 aliphatic heterocycles. The van der Waals surface area contributed by atoms with E-state index in [-0.39, 0.29) is 30.3 Å². The number of hydrogen-bond donors (Lipinski definition) is 0. The smallest absolute Gasteiger partial charge is 0.254 e. The number of ether oxygens (including phenoxy) is 1. The number of piperidine rings is 1. The van der Waals surface area contributed by atoms with Crippen LogP contribution in [0.3, 0.4) is 0 Å². The van der Waals surface area contributed by atoms with E-state index in [1.54, 1.807) is 4.90 Å². The van der Waals surface area contributed by atoms with Gasteiger partial charge >= 0.3 is 0 Å². The van der Waals surface area contributed by atoms with Crippen molar-refractivity contribution in [1.29, 1.82) is 0 Å². The molecule has 1 aliphatic carbocycles. The van der Waals surface area contributed by atoms with Gasteiger partial charge in [-0.25, -0.2) is 4.39 Å². The van der Waals surface area contributed by atoms with E-state index in [2.05, 4.69) is 4.90 Å². The highest BCUT2D eigenvalue weighted by Crippen LogP contribution is 2.29. The third-order valence-corrected chi connectivity index (χ3v) is 7.12. The SMILES string of the molecule is O=C(c1ccc(F)cc1)N1CCN(c2ccc(OC3CCN(C4CCC4)CC3)cc2)C(=O)C1. The zero-order valence-corrected chi connectivity index (χ0v) is 18.8. The van der Waals surface area contributed by atoms with Crippen molar-refractivity contribution in [2.75, 3.05) is 37.6 Å². The minimum absolute atomic E-state index is 0.00797. The van der Waals surface area contributed by atoms with Crippen molar-refractivity contribution >= 4 is 17.5 Å². The minimum atomic E-state index is -0.390. The van der Waals surface area contributed by atoms with Gasteiger partial charge in [-0.1, -0.05) is 6.42 Å². The van der Waals surface area contributed by atoms with Gasteiger partial charge in [-0.2, -0.15) is 0 Å². The number of carbonyl (C=O) groups is 2. The molecule has 0 atom stereocenters. The van der Waals surface area contributed by atoms with Crippen molar-refractivity contribution < 1.29 is 18.7 Å². The maximum absolute atomic E-state index is 13.1. The Kier molecular flexibility index (Phi) is 6.31. The average molecular weight is 452 g/mol. The Bertz CT molecular complexity index is 983. The fourth-order valence-electron chi connectivity index (χ4n) is 4.90. The number of nitrogens with zero attached hydrogens (tertiary/aromatic N) is 3. The van der Waals surface area contributed by atoms with Gasteiger partial charge in [0.05, 0.1) is 0 Å². The predicted molar refractivity (Wildman–Crippen MR) is 124 cm³/mol. The molecule has 0 N–H and O–H groups in total. The van der Waals surface area contributed by atoms with E-state index in [4.69, 9.17) is 4.74 Å².